The first kappa shape index (κ1) is 20.6. The number of likely N-dealkylation sites (tertiary alicyclic amines) is 1. The molecule has 2 N–H and O–H groups in total. The lowest BCUT2D eigenvalue weighted by molar-refractivity contribution is -0.131. The second-order valence-electron chi connectivity index (χ2n) is 7.81. The highest BCUT2D eigenvalue weighted by Gasteiger charge is 2.37. The van der Waals surface area contributed by atoms with Crippen LogP contribution in [0.2, 0.25) is 0 Å². The number of nitrogens with zero attached hydrogens (tertiary/aromatic N) is 4. The fraction of sp³-hybridized carbons (Fsp3) is 0.524. The lowest BCUT2D eigenvalue weighted by atomic mass is 9.89. The summed E-state index contributed by atoms with van der Waals surface area (Å²) in [7, 11) is 0. The first-order chi connectivity index (χ1) is 13.9. The average molecular weight is 395 g/mol. The number of hydrogen-bond donors (Lipinski definition) is 2. The molecule has 3 heterocycles. The highest BCUT2D eigenvalue weighted by Crippen LogP contribution is 2.27. The molecule has 0 aliphatic carbocycles. The molecule has 2 aliphatic heterocycles. The molecule has 2 aliphatic rings. The van der Waals surface area contributed by atoms with Gasteiger partial charge < -0.3 is 20.2 Å². The predicted molar refractivity (Wildman–Crippen MR) is 107 cm³/mol. The van der Waals surface area contributed by atoms with Gasteiger partial charge in [-0.3, -0.25) is 4.79 Å². The van der Waals surface area contributed by atoms with Gasteiger partial charge in [0.25, 0.3) is 0 Å². The molecule has 2 fully saturated rings. The zero-order valence-corrected chi connectivity index (χ0v) is 16.5. The smallest absolute Gasteiger partial charge is 0.335 e. The number of hydrogen-bond acceptors (Lipinski definition) is 6. The Kier molecular flexibility index (Phi) is 6.05. The molecule has 152 valence electrons. The number of nitrogens with one attached hydrogen (secondary N) is 1. The van der Waals surface area contributed by atoms with Crippen LogP contribution in [0.1, 0.15) is 43.0 Å². The van der Waals surface area contributed by atoms with E-state index in [9.17, 15) is 14.9 Å². The van der Waals surface area contributed by atoms with Crippen molar-refractivity contribution in [2.45, 2.75) is 50.2 Å². The third kappa shape index (κ3) is 4.49. The van der Waals surface area contributed by atoms with Crippen molar-refractivity contribution in [3.05, 3.63) is 23.9 Å². The molecule has 0 bridgehead atoms. The summed E-state index contributed by atoms with van der Waals surface area (Å²) in [6.45, 7) is 3.61. The van der Waals surface area contributed by atoms with Crippen molar-refractivity contribution in [1.82, 2.24) is 15.2 Å². The largest absolute Gasteiger partial charge is 0.478 e. The Morgan fingerprint density at radius 1 is 1.38 bits per heavy atom. The second kappa shape index (κ2) is 8.50. The lowest BCUT2D eigenvalue weighted by Gasteiger charge is -2.41. The van der Waals surface area contributed by atoms with Gasteiger partial charge in [-0.2, -0.15) is 5.26 Å². The summed E-state index contributed by atoms with van der Waals surface area (Å²) < 4.78 is 0. The van der Waals surface area contributed by atoms with E-state index >= 15 is 0 Å². The molecule has 1 amide bonds. The number of carbonyl (C=O) groups is 2. The molecule has 2 saturated heterocycles. The number of aromatic nitrogens is 1. The van der Waals surface area contributed by atoms with E-state index in [0.717, 1.165) is 12.8 Å². The zero-order valence-electron chi connectivity index (χ0n) is 16.5. The van der Waals surface area contributed by atoms with Crippen molar-refractivity contribution in [2.75, 3.05) is 24.5 Å². The molecule has 0 saturated carbocycles. The van der Waals surface area contributed by atoms with Gasteiger partial charge in [-0.05, 0) is 44.7 Å². The minimum absolute atomic E-state index is 0.139. The van der Waals surface area contributed by atoms with E-state index in [0.29, 0.717) is 31.7 Å². The Bertz CT molecular complexity index is 842. The topological polar surface area (TPSA) is 110 Å². The molecular weight excluding hydrogens is 370 g/mol. The molecule has 2 atom stereocenters. The Morgan fingerprint density at radius 3 is 2.69 bits per heavy atom. The third-order valence-electron chi connectivity index (χ3n) is 5.86. The van der Waals surface area contributed by atoms with Gasteiger partial charge in [-0.25, -0.2) is 9.78 Å². The standard InChI is InChI=1S/C21H25N5O3/c1-3-16-4-5-17(13-22)26(16)19(27)14-24-21(2)7-10-25(11-8-21)18-12-15(20(28)29)6-9-23-18/h1,6,9,12,16-17,24H,4-5,7-8,10-11,14H2,2H3,(H,28,29). The summed E-state index contributed by atoms with van der Waals surface area (Å²) in [5, 5.41) is 21.8. The number of terminal acetylenes is 1. The zero-order chi connectivity index (χ0) is 21.0. The SMILES string of the molecule is C#CC1CCC(C#N)N1C(=O)CNC1(C)CCN(c2cc(C(=O)O)ccn2)CC1. The van der Waals surface area contributed by atoms with Crippen molar-refractivity contribution in [1.29, 1.82) is 5.26 Å². The maximum Gasteiger partial charge on any atom is 0.335 e. The van der Waals surface area contributed by atoms with E-state index in [1.165, 1.54) is 17.2 Å². The van der Waals surface area contributed by atoms with Crippen LogP contribution in [0.25, 0.3) is 0 Å². The number of aromatic carboxylic acids is 1. The third-order valence-corrected chi connectivity index (χ3v) is 5.86. The number of anilines is 1. The normalized spacial score (nSPS) is 23.3. The Balaban J connectivity index is 1.56. The van der Waals surface area contributed by atoms with E-state index in [4.69, 9.17) is 11.5 Å². The lowest BCUT2D eigenvalue weighted by Crippen LogP contribution is -2.55. The monoisotopic (exact) mass is 395 g/mol. The second-order valence-corrected chi connectivity index (χ2v) is 7.81. The average Bonchev–Trinajstić information content (AvgIpc) is 3.16. The molecule has 29 heavy (non-hydrogen) atoms. The number of carboxylic acids is 1. The summed E-state index contributed by atoms with van der Waals surface area (Å²) in [5.74, 6) is 2.15. The summed E-state index contributed by atoms with van der Waals surface area (Å²) in [5.41, 5.74) is -0.0165. The van der Waals surface area contributed by atoms with Gasteiger partial charge in [0, 0.05) is 24.8 Å². The van der Waals surface area contributed by atoms with Crippen LogP contribution in [-0.2, 0) is 4.79 Å². The first-order valence-corrected chi connectivity index (χ1v) is 9.73. The van der Waals surface area contributed by atoms with Gasteiger partial charge in [0.1, 0.15) is 11.9 Å². The van der Waals surface area contributed by atoms with Gasteiger partial charge in [-0.15, -0.1) is 6.42 Å². The molecule has 3 rings (SSSR count). The van der Waals surface area contributed by atoms with Crippen LogP contribution in [0.4, 0.5) is 5.82 Å². The number of rotatable bonds is 5. The molecule has 1 aromatic rings. The fourth-order valence-corrected chi connectivity index (χ4v) is 3.96. The first-order valence-electron chi connectivity index (χ1n) is 9.73. The Hall–Kier alpha value is -3.10. The fourth-order valence-electron chi connectivity index (χ4n) is 3.96. The van der Waals surface area contributed by atoms with Crippen LogP contribution < -0.4 is 10.2 Å². The quantitative estimate of drug-likeness (QED) is 0.722. The number of pyridine rings is 1. The molecule has 1 aromatic heterocycles. The van der Waals surface area contributed by atoms with E-state index in [2.05, 4.69) is 34.1 Å². The number of nitriles is 1. The summed E-state index contributed by atoms with van der Waals surface area (Å²) >= 11 is 0. The van der Waals surface area contributed by atoms with Gasteiger partial charge in [0.2, 0.25) is 5.91 Å². The van der Waals surface area contributed by atoms with E-state index in [-0.39, 0.29) is 29.6 Å². The molecule has 0 spiro atoms. The van der Waals surface area contributed by atoms with E-state index in [1.54, 1.807) is 6.07 Å². The number of piperidine rings is 1. The maximum atomic E-state index is 12.7. The van der Waals surface area contributed by atoms with Crippen molar-refractivity contribution in [3.63, 3.8) is 0 Å². The van der Waals surface area contributed by atoms with Crippen LogP contribution in [-0.4, -0.2) is 64.1 Å². The summed E-state index contributed by atoms with van der Waals surface area (Å²) in [6.07, 6.45) is 9.86. The highest BCUT2D eigenvalue weighted by atomic mass is 16.4. The molecule has 8 heteroatoms. The number of carbonyl (C=O) groups excluding carboxylic acids is 1. The Labute approximate surface area is 170 Å². The van der Waals surface area contributed by atoms with Crippen molar-refractivity contribution in [3.8, 4) is 18.4 Å². The predicted octanol–water partition coefficient (Wildman–Crippen LogP) is 1.24. The van der Waals surface area contributed by atoms with E-state index in [1.807, 2.05) is 0 Å². The number of amides is 1. The van der Waals surface area contributed by atoms with Crippen molar-refractivity contribution < 1.29 is 14.7 Å². The van der Waals surface area contributed by atoms with Gasteiger partial charge in [-0.1, -0.05) is 5.92 Å². The van der Waals surface area contributed by atoms with Gasteiger partial charge in [0.15, 0.2) is 0 Å². The maximum absolute atomic E-state index is 12.7. The van der Waals surface area contributed by atoms with Gasteiger partial charge >= 0.3 is 5.97 Å². The molecule has 8 nitrogen and oxygen atoms in total. The number of carboxylic acid groups (broad SMARTS) is 1. The van der Waals surface area contributed by atoms with Crippen molar-refractivity contribution in [2.24, 2.45) is 0 Å². The minimum Gasteiger partial charge on any atom is -0.478 e. The molecule has 0 aromatic carbocycles. The van der Waals surface area contributed by atoms with Crippen molar-refractivity contribution >= 4 is 17.7 Å². The van der Waals surface area contributed by atoms with Crippen LogP contribution in [0.15, 0.2) is 18.3 Å². The van der Waals surface area contributed by atoms with E-state index < -0.39 is 12.0 Å². The van der Waals surface area contributed by atoms with Crippen LogP contribution in [0.3, 0.4) is 0 Å². The summed E-state index contributed by atoms with van der Waals surface area (Å²) in [4.78, 5) is 31.7. The minimum atomic E-state index is -0.974. The Morgan fingerprint density at radius 2 is 2.07 bits per heavy atom. The van der Waals surface area contributed by atoms with Crippen LogP contribution in [0.5, 0.6) is 0 Å². The highest BCUT2D eigenvalue weighted by molar-refractivity contribution is 5.88. The summed E-state index contributed by atoms with van der Waals surface area (Å²) in [6, 6.07) is 4.47. The van der Waals surface area contributed by atoms with Crippen LogP contribution >= 0.6 is 0 Å². The molecule has 0 radical (unpaired) electrons. The van der Waals surface area contributed by atoms with Gasteiger partial charge in [0.05, 0.1) is 24.2 Å². The van der Waals surface area contributed by atoms with Crippen LogP contribution in [0, 0.1) is 23.7 Å². The molecular formula is C21H25N5O3. The molecule has 2 unspecified atom stereocenters.